The van der Waals surface area contributed by atoms with Crippen LogP contribution in [0.5, 0.6) is 0 Å². The summed E-state index contributed by atoms with van der Waals surface area (Å²) >= 11 is 0. The number of hydrogen-bond donors (Lipinski definition) is 3. The zero-order valence-electron chi connectivity index (χ0n) is 9.53. The fraction of sp³-hybridized carbons (Fsp3) is 0.455. The molecule has 0 amide bonds. The molecular weight excluding hydrogens is 241 g/mol. The van der Waals surface area contributed by atoms with Gasteiger partial charge in [0.05, 0.1) is 18.9 Å². The van der Waals surface area contributed by atoms with Gasteiger partial charge in [-0.15, -0.1) is 0 Å². The summed E-state index contributed by atoms with van der Waals surface area (Å²) in [6.45, 7) is 1.25. The molecule has 5 nitrogen and oxygen atoms in total. The molecule has 1 aliphatic heterocycles. The molecule has 0 spiro atoms. The standard InChI is InChI=1S/C8H11N.C3H7O4P/c9-7-6-8-4-2-1-3-5-8;4-8(5,6)2-3-1-7-3/h1-5H,6-7,9H2;3H,1-2H2,(H2,4,5,6). The van der Waals surface area contributed by atoms with Crippen LogP contribution in [-0.4, -0.2) is 35.2 Å². The third-order valence-electron chi connectivity index (χ3n) is 2.12. The van der Waals surface area contributed by atoms with Crippen molar-refractivity contribution < 1.29 is 19.1 Å². The molecule has 1 aliphatic rings. The second kappa shape index (κ2) is 6.89. The van der Waals surface area contributed by atoms with Gasteiger partial charge in [-0.2, -0.15) is 0 Å². The highest BCUT2D eigenvalue weighted by Crippen LogP contribution is 2.38. The number of hydrogen-bond acceptors (Lipinski definition) is 3. The first-order chi connectivity index (χ1) is 8.01. The average molecular weight is 259 g/mol. The average Bonchev–Trinajstić information content (AvgIpc) is 3.02. The van der Waals surface area contributed by atoms with E-state index in [2.05, 4.69) is 16.9 Å². The number of ether oxygens (including phenoxy) is 1. The Kier molecular flexibility index (Phi) is 5.82. The first kappa shape index (κ1) is 14.4. The molecule has 0 radical (unpaired) electrons. The molecule has 1 aromatic carbocycles. The smallest absolute Gasteiger partial charge is 0.328 e. The molecule has 1 saturated heterocycles. The minimum atomic E-state index is -3.78. The van der Waals surface area contributed by atoms with E-state index in [1.165, 1.54) is 5.56 Å². The lowest BCUT2D eigenvalue weighted by molar-refractivity contribution is 0.357. The molecule has 0 bridgehead atoms. The maximum absolute atomic E-state index is 10.1. The summed E-state index contributed by atoms with van der Waals surface area (Å²) in [5, 5.41) is 0. The monoisotopic (exact) mass is 259 g/mol. The zero-order chi connectivity index (χ0) is 12.7. The van der Waals surface area contributed by atoms with E-state index in [0.29, 0.717) is 6.61 Å². The Morgan fingerprint density at radius 3 is 2.29 bits per heavy atom. The van der Waals surface area contributed by atoms with Gasteiger partial charge in [0.1, 0.15) is 0 Å². The third kappa shape index (κ3) is 8.07. The largest absolute Gasteiger partial charge is 0.372 e. The van der Waals surface area contributed by atoms with E-state index in [1.807, 2.05) is 18.2 Å². The topological polar surface area (TPSA) is 96.1 Å². The summed E-state index contributed by atoms with van der Waals surface area (Å²) in [6.07, 6.45) is 0.698. The zero-order valence-corrected chi connectivity index (χ0v) is 10.4. The summed E-state index contributed by atoms with van der Waals surface area (Å²) in [7, 11) is -3.78. The summed E-state index contributed by atoms with van der Waals surface area (Å²) in [4.78, 5) is 16.5. The maximum atomic E-state index is 10.1. The van der Waals surface area contributed by atoms with Gasteiger partial charge in [-0.3, -0.25) is 4.57 Å². The summed E-state index contributed by atoms with van der Waals surface area (Å²) in [5.41, 5.74) is 6.68. The van der Waals surface area contributed by atoms with Crippen LogP contribution < -0.4 is 5.73 Å². The second-order valence-electron chi connectivity index (χ2n) is 3.83. The van der Waals surface area contributed by atoms with Gasteiger partial charge in [0.25, 0.3) is 0 Å². The third-order valence-corrected chi connectivity index (χ3v) is 3.00. The van der Waals surface area contributed by atoms with Gasteiger partial charge in [-0.25, -0.2) is 0 Å². The molecule has 0 aliphatic carbocycles. The molecule has 4 N–H and O–H groups in total. The second-order valence-corrected chi connectivity index (χ2v) is 5.52. The highest BCUT2D eigenvalue weighted by molar-refractivity contribution is 7.51. The van der Waals surface area contributed by atoms with Crippen LogP contribution in [0.15, 0.2) is 30.3 Å². The molecule has 1 fully saturated rings. The summed E-state index contributed by atoms with van der Waals surface area (Å²) in [6, 6.07) is 10.3. The van der Waals surface area contributed by atoms with E-state index in [-0.39, 0.29) is 12.3 Å². The van der Waals surface area contributed by atoms with Crippen LogP contribution in [0.4, 0.5) is 0 Å². The van der Waals surface area contributed by atoms with Gasteiger partial charge in [-0.1, -0.05) is 30.3 Å². The van der Waals surface area contributed by atoms with Crippen molar-refractivity contribution in [3.05, 3.63) is 35.9 Å². The van der Waals surface area contributed by atoms with E-state index < -0.39 is 7.60 Å². The lowest BCUT2D eigenvalue weighted by Crippen LogP contribution is -2.01. The van der Waals surface area contributed by atoms with Gasteiger partial charge >= 0.3 is 7.60 Å². The van der Waals surface area contributed by atoms with E-state index in [1.54, 1.807) is 0 Å². The molecule has 6 heteroatoms. The highest BCUT2D eigenvalue weighted by Gasteiger charge is 2.30. The van der Waals surface area contributed by atoms with Gasteiger partial charge < -0.3 is 20.3 Å². The predicted octanol–water partition coefficient (Wildman–Crippen LogP) is 0.751. The van der Waals surface area contributed by atoms with Crippen molar-refractivity contribution in [2.24, 2.45) is 5.73 Å². The van der Waals surface area contributed by atoms with E-state index in [0.717, 1.165) is 13.0 Å². The summed E-state index contributed by atoms with van der Waals surface area (Å²) in [5.74, 6) is 0. The Morgan fingerprint density at radius 2 is 1.94 bits per heavy atom. The van der Waals surface area contributed by atoms with Crippen LogP contribution >= 0.6 is 7.60 Å². The molecule has 1 unspecified atom stereocenters. The van der Waals surface area contributed by atoms with Crippen LogP contribution in [0, 0.1) is 0 Å². The van der Waals surface area contributed by atoms with Gasteiger partial charge in [0.2, 0.25) is 0 Å². The quantitative estimate of drug-likeness (QED) is 0.547. The first-order valence-electron chi connectivity index (χ1n) is 5.41. The van der Waals surface area contributed by atoms with Crippen molar-refractivity contribution in [1.82, 2.24) is 0 Å². The molecule has 0 saturated carbocycles. The van der Waals surface area contributed by atoms with Crippen molar-refractivity contribution in [1.29, 1.82) is 0 Å². The minimum Gasteiger partial charge on any atom is -0.372 e. The fourth-order valence-corrected chi connectivity index (χ4v) is 1.99. The van der Waals surface area contributed by atoms with Crippen molar-refractivity contribution in [3.63, 3.8) is 0 Å². The summed E-state index contributed by atoms with van der Waals surface area (Å²) < 4.78 is 14.7. The van der Waals surface area contributed by atoms with E-state index in [9.17, 15) is 4.57 Å². The Labute approximate surface area is 101 Å². The minimum absolute atomic E-state index is 0.118. The SMILES string of the molecule is NCCc1ccccc1.O=P(O)(O)CC1CO1. The van der Waals surface area contributed by atoms with Crippen molar-refractivity contribution >= 4 is 7.60 Å². The fourth-order valence-electron chi connectivity index (χ4n) is 1.25. The lowest BCUT2D eigenvalue weighted by atomic mass is 10.2. The van der Waals surface area contributed by atoms with E-state index in [4.69, 9.17) is 15.5 Å². The predicted molar refractivity (Wildman–Crippen MR) is 65.9 cm³/mol. The van der Waals surface area contributed by atoms with Crippen LogP contribution in [-0.2, 0) is 15.7 Å². The van der Waals surface area contributed by atoms with Crippen molar-refractivity contribution in [2.45, 2.75) is 12.5 Å². The van der Waals surface area contributed by atoms with Crippen LogP contribution in [0.1, 0.15) is 5.56 Å². The molecule has 2 rings (SSSR count). The van der Waals surface area contributed by atoms with Gasteiger partial charge in [0, 0.05) is 0 Å². The molecule has 96 valence electrons. The van der Waals surface area contributed by atoms with Crippen LogP contribution in [0.25, 0.3) is 0 Å². The van der Waals surface area contributed by atoms with Crippen LogP contribution in [0.3, 0.4) is 0 Å². The Morgan fingerprint density at radius 1 is 1.35 bits per heavy atom. The molecule has 1 aromatic rings. The maximum Gasteiger partial charge on any atom is 0.328 e. The van der Waals surface area contributed by atoms with Crippen LogP contribution in [0.2, 0.25) is 0 Å². The number of rotatable bonds is 4. The first-order valence-corrected chi connectivity index (χ1v) is 7.21. The Bertz CT molecular complexity index is 361. The molecule has 1 heterocycles. The Balaban J connectivity index is 0.000000171. The molecule has 0 aromatic heterocycles. The number of benzene rings is 1. The highest BCUT2D eigenvalue weighted by atomic mass is 31.2. The normalized spacial score (nSPS) is 18.2. The van der Waals surface area contributed by atoms with Gasteiger partial charge in [-0.05, 0) is 18.5 Å². The van der Waals surface area contributed by atoms with Crippen molar-refractivity contribution in [3.8, 4) is 0 Å². The Hall–Kier alpha value is -0.710. The molecule has 1 atom stereocenters. The number of nitrogens with two attached hydrogens (primary N) is 1. The molecule has 17 heavy (non-hydrogen) atoms. The van der Waals surface area contributed by atoms with E-state index >= 15 is 0 Å². The van der Waals surface area contributed by atoms with Crippen molar-refractivity contribution in [2.75, 3.05) is 19.3 Å². The lowest BCUT2D eigenvalue weighted by Gasteiger charge is -1.96. The molecular formula is C11H18NO4P. The van der Waals surface area contributed by atoms with Gasteiger partial charge in [0.15, 0.2) is 0 Å². The number of epoxide rings is 1.